The topological polar surface area (TPSA) is 183 Å². The maximum atomic E-state index is 14.1. The third kappa shape index (κ3) is 3.84. The quantitative estimate of drug-likeness (QED) is 0.363. The van der Waals surface area contributed by atoms with E-state index in [1.165, 1.54) is 6.20 Å². The number of likely N-dealkylation sites (N-methyl/N-ethyl adjacent to an activating group) is 1. The van der Waals surface area contributed by atoms with Crippen LogP contribution in [0.1, 0.15) is 22.3 Å². The van der Waals surface area contributed by atoms with Crippen LogP contribution < -0.4 is 16.4 Å². The van der Waals surface area contributed by atoms with Gasteiger partial charge in [-0.3, -0.25) is 19.3 Å². The monoisotopic (exact) mass is 533 g/mol. The molecule has 0 fully saturated rings. The summed E-state index contributed by atoms with van der Waals surface area (Å²) in [6, 6.07) is 4.30. The number of carbonyl (C=O) groups excluding carboxylic acids is 3. The highest BCUT2D eigenvalue weighted by atomic mass is 16.3. The highest BCUT2D eigenvalue weighted by molar-refractivity contribution is 6.22. The van der Waals surface area contributed by atoms with Gasteiger partial charge in [-0.1, -0.05) is 0 Å². The zero-order valence-corrected chi connectivity index (χ0v) is 22.1. The number of nitrogens with zero attached hydrogens (tertiary/aromatic N) is 3. The molecule has 0 bridgehead atoms. The minimum absolute atomic E-state index is 0.0346. The van der Waals surface area contributed by atoms with Crippen LogP contribution in [0.3, 0.4) is 0 Å². The van der Waals surface area contributed by atoms with Crippen molar-refractivity contribution < 1.29 is 29.7 Å². The second-order valence-electron chi connectivity index (χ2n) is 10.8. The van der Waals surface area contributed by atoms with Gasteiger partial charge in [0.1, 0.15) is 28.7 Å². The van der Waals surface area contributed by atoms with Crippen molar-refractivity contribution in [1.29, 1.82) is 0 Å². The second kappa shape index (κ2) is 9.12. The first-order valence-electron chi connectivity index (χ1n) is 12.5. The van der Waals surface area contributed by atoms with Gasteiger partial charge in [-0.25, -0.2) is 4.98 Å². The molecule has 1 amide bonds. The molecule has 7 N–H and O–H groups in total. The number of nitrogen functional groups attached to an aromatic ring is 1. The van der Waals surface area contributed by atoms with Crippen LogP contribution in [0.25, 0.3) is 11.1 Å². The first kappa shape index (κ1) is 26.2. The zero-order chi connectivity index (χ0) is 28.5. The van der Waals surface area contributed by atoms with Crippen LogP contribution in [-0.4, -0.2) is 76.9 Å². The summed E-state index contributed by atoms with van der Waals surface area (Å²) in [5, 5.41) is 33.7. The van der Waals surface area contributed by atoms with Gasteiger partial charge >= 0.3 is 0 Å². The molecular weight excluding hydrogens is 502 g/mol. The number of aromatic nitrogens is 1. The van der Waals surface area contributed by atoms with Gasteiger partial charge in [0.15, 0.2) is 11.6 Å². The molecule has 0 radical (unpaired) electrons. The number of fused-ring (bicyclic) bond motifs is 3. The maximum Gasteiger partial charge on any atom is 0.255 e. The maximum absolute atomic E-state index is 14.1. The Balaban J connectivity index is 1.71. The van der Waals surface area contributed by atoms with Gasteiger partial charge in [0.2, 0.25) is 0 Å². The van der Waals surface area contributed by atoms with E-state index in [1.807, 2.05) is 19.0 Å². The van der Waals surface area contributed by atoms with Crippen LogP contribution in [0.5, 0.6) is 5.75 Å². The lowest BCUT2D eigenvalue weighted by atomic mass is 9.60. The van der Waals surface area contributed by atoms with E-state index < -0.39 is 58.4 Å². The van der Waals surface area contributed by atoms with Gasteiger partial charge in [0.25, 0.3) is 5.91 Å². The van der Waals surface area contributed by atoms with Crippen LogP contribution >= 0.6 is 0 Å². The molecule has 3 aliphatic rings. The highest BCUT2D eigenvalue weighted by Crippen LogP contribution is 2.52. The summed E-state index contributed by atoms with van der Waals surface area (Å²) in [4.78, 5) is 47.2. The number of ketones is 2. The number of amides is 1. The van der Waals surface area contributed by atoms with Crippen molar-refractivity contribution >= 4 is 29.0 Å². The molecule has 4 atom stereocenters. The Bertz CT molecular complexity index is 1490. The molecule has 0 spiro atoms. The summed E-state index contributed by atoms with van der Waals surface area (Å²) in [7, 11) is 7.05. The molecule has 2 aromatic rings. The van der Waals surface area contributed by atoms with Gasteiger partial charge in [-0.2, -0.15) is 0 Å². The van der Waals surface area contributed by atoms with E-state index in [4.69, 9.17) is 11.5 Å². The molecule has 1 aromatic heterocycles. The standard InChI is InChI=1S/C28H31N5O6/c1-32(2)16-9-13(11-5-6-17(29)31-10-11)23(34)19-14(16)7-12-8-15-20(25(36)18(12)24(19)35)26(37)21(28(30)39)27(38)22(15)33(3)4/h5-6,9-10,12,15,20,22,34,36,38H,7-8H2,1-4H3,(H2,29,31)(H2,30,39)/t12?,15?,20?,22-/m0/s1. The number of phenols is 1. The molecular formula is C28H31N5O6. The van der Waals surface area contributed by atoms with E-state index in [0.29, 0.717) is 34.6 Å². The van der Waals surface area contributed by atoms with Gasteiger partial charge in [0, 0.05) is 42.7 Å². The number of pyridine rings is 1. The molecule has 39 heavy (non-hydrogen) atoms. The number of anilines is 2. The number of hydrogen-bond acceptors (Lipinski definition) is 10. The first-order valence-corrected chi connectivity index (χ1v) is 12.5. The van der Waals surface area contributed by atoms with E-state index in [0.717, 1.165) is 0 Å². The summed E-state index contributed by atoms with van der Waals surface area (Å²) in [6.07, 6.45) is 2.10. The number of rotatable bonds is 4. The predicted molar refractivity (Wildman–Crippen MR) is 144 cm³/mol. The van der Waals surface area contributed by atoms with E-state index in [-0.39, 0.29) is 23.3 Å². The Kier molecular flexibility index (Phi) is 6.14. The van der Waals surface area contributed by atoms with E-state index >= 15 is 0 Å². The zero-order valence-electron chi connectivity index (χ0n) is 22.1. The van der Waals surface area contributed by atoms with Crippen molar-refractivity contribution in [1.82, 2.24) is 9.88 Å². The molecule has 204 valence electrons. The van der Waals surface area contributed by atoms with Crippen LogP contribution in [-0.2, 0) is 16.0 Å². The van der Waals surface area contributed by atoms with Crippen molar-refractivity contribution in [3.63, 3.8) is 0 Å². The summed E-state index contributed by atoms with van der Waals surface area (Å²) in [5.74, 6) is -5.64. The van der Waals surface area contributed by atoms with Crippen molar-refractivity contribution in [2.24, 2.45) is 23.5 Å². The molecule has 3 aliphatic carbocycles. The van der Waals surface area contributed by atoms with E-state index in [9.17, 15) is 29.7 Å². The third-order valence-electron chi connectivity index (χ3n) is 8.12. The Morgan fingerprint density at radius 3 is 2.33 bits per heavy atom. The summed E-state index contributed by atoms with van der Waals surface area (Å²) < 4.78 is 0. The van der Waals surface area contributed by atoms with Crippen molar-refractivity contribution in [2.45, 2.75) is 18.9 Å². The number of phenolic OH excluding ortho intramolecular Hbond substituents is 1. The lowest BCUT2D eigenvalue weighted by molar-refractivity contribution is -0.127. The van der Waals surface area contributed by atoms with E-state index in [1.54, 1.807) is 37.2 Å². The number of hydrogen-bond donors (Lipinski definition) is 5. The molecule has 0 saturated carbocycles. The first-order chi connectivity index (χ1) is 18.3. The largest absolute Gasteiger partial charge is 0.511 e. The summed E-state index contributed by atoms with van der Waals surface area (Å²) >= 11 is 0. The number of Topliss-reactive ketones (excluding diaryl/α,β-unsaturated/α-hetero) is 2. The fraction of sp³-hybridized carbons (Fsp3) is 0.357. The van der Waals surface area contributed by atoms with Gasteiger partial charge in [-0.15, -0.1) is 0 Å². The number of aliphatic hydroxyl groups excluding tert-OH is 2. The summed E-state index contributed by atoms with van der Waals surface area (Å²) in [5.41, 5.74) is 12.9. The molecule has 11 heteroatoms. The Morgan fingerprint density at radius 2 is 1.77 bits per heavy atom. The van der Waals surface area contributed by atoms with Crippen LogP contribution in [0, 0.1) is 17.8 Å². The SMILES string of the molecule is CN(C)c1cc(-c2ccc(N)nc2)c(O)c2c1CC1CC3C(C(=O)C(C(N)=O)=C(O)[C@H]3N(C)C)C(O)=C1C2=O. The number of benzene rings is 1. The van der Waals surface area contributed by atoms with Gasteiger partial charge in [0.05, 0.1) is 17.5 Å². The number of aromatic hydroxyl groups is 1. The third-order valence-corrected chi connectivity index (χ3v) is 8.12. The van der Waals surface area contributed by atoms with E-state index in [2.05, 4.69) is 4.98 Å². The van der Waals surface area contributed by atoms with Gasteiger partial charge < -0.3 is 31.7 Å². The minimum Gasteiger partial charge on any atom is -0.511 e. The highest BCUT2D eigenvalue weighted by Gasteiger charge is 2.54. The predicted octanol–water partition coefficient (Wildman–Crippen LogP) is 1.72. The molecule has 1 aromatic carbocycles. The minimum atomic E-state index is -1.23. The van der Waals surface area contributed by atoms with Crippen LogP contribution in [0.15, 0.2) is 47.1 Å². The summed E-state index contributed by atoms with van der Waals surface area (Å²) in [6.45, 7) is 0. The average molecular weight is 534 g/mol. The molecule has 5 rings (SSSR count). The number of primary amides is 1. The molecule has 0 saturated heterocycles. The number of aliphatic hydroxyl groups is 2. The smallest absolute Gasteiger partial charge is 0.255 e. The second-order valence-corrected chi connectivity index (χ2v) is 10.8. The van der Waals surface area contributed by atoms with Crippen LogP contribution in [0.4, 0.5) is 11.5 Å². The Labute approximate surface area is 225 Å². The lowest BCUT2D eigenvalue weighted by Gasteiger charge is -2.46. The Morgan fingerprint density at radius 1 is 1.08 bits per heavy atom. The van der Waals surface area contributed by atoms with Crippen molar-refractivity contribution in [2.75, 3.05) is 38.8 Å². The number of carbonyl (C=O) groups is 3. The fourth-order valence-corrected chi connectivity index (χ4v) is 6.50. The number of allylic oxidation sites excluding steroid dienone is 2. The van der Waals surface area contributed by atoms with Crippen molar-refractivity contribution in [3.05, 3.63) is 58.2 Å². The van der Waals surface area contributed by atoms with Crippen molar-refractivity contribution in [3.8, 4) is 16.9 Å². The molecule has 3 unspecified atom stereocenters. The van der Waals surface area contributed by atoms with Gasteiger partial charge in [-0.05, 0) is 62.5 Å². The lowest BCUT2D eigenvalue weighted by Crippen LogP contribution is -2.53. The molecule has 11 nitrogen and oxygen atoms in total. The fourth-order valence-electron chi connectivity index (χ4n) is 6.50. The molecule has 0 aliphatic heterocycles. The van der Waals surface area contributed by atoms with Crippen LogP contribution in [0.2, 0.25) is 0 Å². The normalized spacial score (nSPS) is 24.4. The Hall–Kier alpha value is -4.38. The average Bonchev–Trinajstić information content (AvgIpc) is 2.83. The number of nitrogens with two attached hydrogens (primary N) is 2. The molecule has 1 heterocycles.